The summed E-state index contributed by atoms with van der Waals surface area (Å²) in [5.41, 5.74) is 0.243. The number of rotatable bonds is 3. The first-order chi connectivity index (χ1) is 6.27. The van der Waals surface area contributed by atoms with Crippen LogP contribution in [0.5, 0.6) is 0 Å². The van der Waals surface area contributed by atoms with E-state index in [0.717, 1.165) is 0 Å². The Bertz CT molecular complexity index is 308. The van der Waals surface area contributed by atoms with Crippen molar-refractivity contribution < 1.29 is 14.3 Å². The third-order valence-corrected chi connectivity index (χ3v) is 1.29. The summed E-state index contributed by atoms with van der Waals surface area (Å²) in [5, 5.41) is 0. The molecule has 0 unspecified atom stereocenters. The summed E-state index contributed by atoms with van der Waals surface area (Å²) in [4.78, 5) is 28.5. The highest BCUT2D eigenvalue weighted by Crippen LogP contribution is 1.97. The number of carbonyl (C=O) groups is 2. The maximum atomic E-state index is 11.1. The summed E-state index contributed by atoms with van der Waals surface area (Å²) in [7, 11) is 0. The molecule has 0 N–H and O–H groups in total. The third kappa shape index (κ3) is 2.33. The molecule has 0 spiro atoms. The molecule has 0 saturated heterocycles. The van der Waals surface area contributed by atoms with Crippen LogP contribution in [-0.2, 0) is 4.74 Å². The van der Waals surface area contributed by atoms with Gasteiger partial charge in [-0.05, 0) is 6.92 Å². The molecule has 0 bridgehead atoms. The number of ether oxygens (including phenoxy) is 1. The average molecular weight is 180 g/mol. The number of hydrogen-bond donors (Lipinski definition) is 0. The molecule has 1 heterocycles. The standard InChI is InChI=1S/C8H8N2O3/c1-2-13-8(12)6-3-9-7(5-11)10-4-6/h3-5H,2H2,1H3. The first-order valence-corrected chi connectivity index (χ1v) is 3.72. The van der Waals surface area contributed by atoms with Crippen LogP contribution in [0.1, 0.15) is 27.9 Å². The highest BCUT2D eigenvalue weighted by atomic mass is 16.5. The van der Waals surface area contributed by atoms with Gasteiger partial charge in [0.1, 0.15) is 0 Å². The van der Waals surface area contributed by atoms with E-state index in [9.17, 15) is 9.59 Å². The summed E-state index contributed by atoms with van der Waals surface area (Å²) >= 11 is 0. The maximum absolute atomic E-state index is 11.1. The van der Waals surface area contributed by atoms with Gasteiger partial charge in [-0.15, -0.1) is 0 Å². The second-order valence-electron chi connectivity index (χ2n) is 2.17. The molecule has 1 aromatic rings. The van der Waals surface area contributed by atoms with E-state index in [4.69, 9.17) is 4.74 Å². The molecule has 0 aromatic carbocycles. The Morgan fingerprint density at radius 3 is 2.62 bits per heavy atom. The van der Waals surface area contributed by atoms with E-state index >= 15 is 0 Å². The number of aldehydes is 1. The Labute approximate surface area is 74.8 Å². The van der Waals surface area contributed by atoms with E-state index in [1.165, 1.54) is 12.4 Å². The average Bonchev–Trinajstić information content (AvgIpc) is 2.18. The van der Waals surface area contributed by atoms with Crippen molar-refractivity contribution in [1.29, 1.82) is 0 Å². The molecule has 0 aliphatic rings. The second-order valence-corrected chi connectivity index (χ2v) is 2.17. The first-order valence-electron chi connectivity index (χ1n) is 3.72. The molecule has 13 heavy (non-hydrogen) atoms. The van der Waals surface area contributed by atoms with Crippen molar-refractivity contribution in [3.05, 3.63) is 23.8 Å². The van der Waals surface area contributed by atoms with E-state index < -0.39 is 5.97 Å². The van der Waals surface area contributed by atoms with Crippen LogP contribution in [0.25, 0.3) is 0 Å². The zero-order valence-electron chi connectivity index (χ0n) is 7.06. The van der Waals surface area contributed by atoms with E-state index in [0.29, 0.717) is 12.9 Å². The minimum absolute atomic E-state index is 0.0491. The Balaban J connectivity index is 2.79. The fourth-order valence-corrected chi connectivity index (χ4v) is 0.719. The van der Waals surface area contributed by atoms with Gasteiger partial charge in [0.25, 0.3) is 0 Å². The van der Waals surface area contributed by atoms with Crippen molar-refractivity contribution in [2.24, 2.45) is 0 Å². The Morgan fingerprint density at radius 1 is 1.54 bits per heavy atom. The molecule has 0 radical (unpaired) electrons. The van der Waals surface area contributed by atoms with Crippen molar-refractivity contribution >= 4 is 12.3 Å². The highest BCUT2D eigenvalue weighted by molar-refractivity contribution is 5.88. The number of nitrogens with zero attached hydrogens (tertiary/aromatic N) is 2. The minimum atomic E-state index is -0.486. The van der Waals surface area contributed by atoms with Crippen molar-refractivity contribution in [3.8, 4) is 0 Å². The van der Waals surface area contributed by atoms with Crippen LogP contribution in [0.3, 0.4) is 0 Å². The van der Waals surface area contributed by atoms with E-state index in [1.54, 1.807) is 6.92 Å². The van der Waals surface area contributed by atoms with Crippen LogP contribution in [0.15, 0.2) is 12.4 Å². The number of aromatic nitrogens is 2. The van der Waals surface area contributed by atoms with Crippen LogP contribution in [-0.4, -0.2) is 28.8 Å². The van der Waals surface area contributed by atoms with Gasteiger partial charge in [0.05, 0.1) is 12.2 Å². The number of carbonyl (C=O) groups excluding carboxylic acids is 2. The summed E-state index contributed by atoms with van der Waals surface area (Å²) < 4.78 is 4.69. The summed E-state index contributed by atoms with van der Waals surface area (Å²) in [6.45, 7) is 2.01. The monoisotopic (exact) mass is 180 g/mol. The lowest BCUT2D eigenvalue weighted by Crippen LogP contribution is -2.06. The summed E-state index contributed by atoms with van der Waals surface area (Å²) in [6, 6.07) is 0. The van der Waals surface area contributed by atoms with Crippen LogP contribution in [0, 0.1) is 0 Å². The molecule has 68 valence electrons. The number of hydrogen-bond acceptors (Lipinski definition) is 5. The molecule has 0 fully saturated rings. The molecule has 0 atom stereocenters. The minimum Gasteiger partial charge on any atom is -0.462 e. The van der Waals surface area contributed by atoms with Crippen molar-refractivity contribution in [2.75, 3.05) is 6.61 Å². The Hall–Kier alpha value is -1.78. The fourth-order valence-electron chi connectivity index (χ4n) is 0.719. The van der Waals surface area contributed by atoms with Gasteiger partial charge in [0, 0.05) is 12.4 Å². The van der Waals surface area contributed by atoms with Crippen LogP contribution in [0.2, 0.25) is 0 Å². The van der Waals surface area contributed by atoms with Gasteiger partial charge >= 0.3 is 5.97 Å². The van der Waals surface area contributed by atoms with E-state index in [2.05, 4.69) is 9.97 Å². The van der Waals surface area contributed by atoms with Crippen LogP contribution in [0.4, 0.5) is 0 Å². The van der Waals surface area contributed by atoms with Gasteiger partial charge in [-0.3, -0.25) is 4.79 Å². The van der Waals surface area contributed by atoms with Gasteiger partial charge in [-0.2, -0.15) is 0 Å². The topological polar surface area (TPSA) is 69.2 Å². The van der Waals surface area contributed by atoms with Gasteiger partial charge in [0.15, 0.2) is 12.1 Å². The van der Waals surface area contributed by atoms with E-state index in [1.807, 2.05) is 0 Å². The molecule has 1 aromatic heterocycles. The predicted molar refractivity (Wildman–Crippen MR) is 43.4 cm³/mol. The van der Waals surface area contributed by atoms with Crippen LogP contribution >= 0.6 is 0 Å². The molecular weight excluding hydrogens is 172 g/mol. The summed E-state index contributed by atoms with van der Waals surface area (Å²) in [5.74, 6) is -0.437. The largest absolute Gasteiger partial charge is 0.462 e. The molecule has 0 amide bonds. The number of esters is 1. The van der Waals surface area contributed by atoms with E-state index in [-0.39, 0.29) is 11.4 Å². The molecule has 5 nitrogen and oxygen atoms in total. The lowest BCUT2D eigenvalue weighted by atomic mass is 10.3. The smallest absolute Gasteiger partial charge is 0.341 e. The zero-order valence-corrected chi connectivity index (χ0v) is 7.06. The SMILES string of the molecule is CCOC(=O)c1cnc(C=O)nc1. The summed E-state index contributed by atoms with van der Waals surface area (Å²) in [6.07, 6.45) is 3.03. The van der Waals surface area contributed by atoms with Gasteiger partial charge in [-0.25, -0.2) is 14.8 Å². The van der Waals surface area contributed by atoms with Crippen molar-refractivity contribution in [2.45, 2.75) is 6.92 Å². The normalized spacial score (nSPS) is 9.31. The first kappa shape index (κ1) is 9.31. The Morgan fingerprint density at radius 2 is 2.15 bits per heavy atom. The lowest BCUT2D eigenvalue weighted by molar-refractivity contribution is 0.0525. The zero-order chi connectivity index (χ0) is 9.68. The van der Waals surface area contributed by atoms with Crippen molar-refractivity contribution in [1.82, 2.24) is 9.97 Å². The maximum Gasteiger partial charge on any atom is 0.341 e. The molecule has 5 heteroatoms. The van der Waals surface area contributed by atoms with Crippen LogP contribution < -0.4 is 0 Å². The molecule has 0 saturated carbocycles. The third-order valence-electron chi connectivity index (χ3n) is 1.29. The van der Waals surface area contributed by atoms with Crippen molar-refractivity contribution in [3.63, 3.8) is 0 Å². The molecule has 0 aliphatic heterocycles. The van der Waals surface area contributed by atoms with Gasteiger partial charge in [0.2, 0.25) is 0 Å². The van der Waals surface area contributed by atoms with Gasteiger partial charge < -0.3 is 4.74 Å². The quantitative estimate of drug-likeness (QED) is 0.499. The van der Waals surface area contributed by atoms with Gasteiger partial charge in [-0.1, -0.05) is 0 Å². The predicted octanol–water partition coefficient (Wildman–Crippen LogP) is 0.466. The molecule has 1 rings (SSSR count). The fraction of sp³-hybridized carbons (Fsp3) is 0.250. The lowest BCUT2D eigenvalue weighted by Gasteiger charge is -1.99. The second kappa shape index (κ2) is 4.30. The Kier molecular flexibility index (Phi) is 3.08. The molecule has 0 aliphatic carbocycles. The molecular formula is C8H8N2O3. The highest BCUT2D eigenvalue weighted by Gasteiger charge is 2.06.